The van der Waals surface area contributed by atoms with Crippen LogP contribution in [-0.4, -0.2) is 81.8 Å². The number of halogens is 3. The van der Waals surface area contributed by atoms with Crippen molar-refractivity contribution in [3.63, 3.8) is 0 Å². The third-order valence-corrected chi connectivity index (χ3v) is 12.1. The number of ether oxygens (including phenoxy) is 10. The van der Waals surface area contributed by atoms with Gasteiger partial charge in [0.2, 0.25) is 0 Å². The molecular weight excluding hydrogens is 890 g/mol. The van der Waals surface area contributed by atoms with Gasteiger partial charge < -0.3 is 47.4 Å². The molecule has 0 saturated carbocycles. The minimum Gasteiger partial charge on any atom is -0.374 e. The van der Waals surface area contributed by atoms with Crippen molar-refractivity contribution in [2.24, 2.45) is 5.92 Å². The summed E-state index contributed by atoms with van der Waals surface area (Å²) in [5.41, 5.74) is 5.00. The van der Waals surface area contributed by atoms with E-state index >= 15 is 13.2 Å². The van der Waals surface area contributed by atoms with Gasteiger partial charge in [0.15, 0.2) is 12.6 Å². The largest absolute Gasteiger partial charge is 0.399 e. The number of rotatable bonds is 23. The molecule has 2 heterocycles. The van der Waals surface area contributed by atoms with Crippen molar-refractivity contribution in [2.45, 2.75) is 101 Å². The van der Waals surface area contributed by atoms with Gasteiger partial charge >= 0.3 is 6.18 Å². The topological polar surface area (TPSA) is 92.3 Å². The quantitative estimate of drug-likeness (QED) is 0.0618. The SMILES string of the molecule is CO[C@H]1O[C@H](COC2O[C@H](COCc3ccccc3)[C@@H](OCc3ccccc3)[C@H](OCc3ccccc3)[C@@H]2C(F)(F)F)[C@@H](OCc2ccccc2)C(OCc2ccccc2)[C@H]1OCc1ccccc1. The first-order valence-electron chi connectivity index (χ1n) is 23.2. The summed E-state index contributed by atoms with van der Waals surface area (Å²) in [7, 11) is 1.48. The average molecular weight is 949 g/mol. The lowest BCUT2D eigenvalue weighted by atomic mass is 9.89. The first-order chi connectivity index (χ1) is 33.8. The Morgan fingerprint density at radius 3 is 1.07 bits per heavy atom. The lowest BCUT2D eigenvalue weighted by Crippen LogP contribution is -2.64. The average Bonchev–Trinajstić information content (AvgIpc) is 3.39. The van der Waals surface area contributed by atoms with E-state index in [1.807, 2.05) is 158 Å². The molecule has 2 aliphatic rings. The second-order valence-electron chi connectivity index (χ2n) is 17.0. The van der Waals surface area contributed by atoms with Crippen molar-refractivity contribution < 1.29 is 60.5 Å². The molecule has 0 spiro atoms. The molecule has 0 radical (unpaired) electrons. The summed E-state index contributed by atoms with van der Waals surface area (Å²) in [6, 6.07) is 56.6. The van der Waals surface area contributed by atoms with Crippen LogP contribution in [0.15, 0.2) is 182 Å². The molecule has 2 aliphatic heterocycles. The molecule has 10 atom stereocenters. The molecule has 2 saturated heterocycles. The van der Waals surface area contributed by atoms with Gasteiger partial charge in [-0.3, -0.25) is 0 Å². The fraction of sp³-hybridized carbons (Fsp3) is 0.357. The van der Waals surface area contributed by atoms with E-state index in [1.54, 1.807) is 24.3 Å². The standard InChI is InChI=1S/C56H59F3O10/c1-60-55-53(66-37-45-30-18-7-19-31-45)52(65-36-44-28-16-6-17-29-44)50(63-34-42-24-12-4-13-25-42)47(69-55)39-67-54-48(56(57,58)59)51(64-35-43-26-14-5-15-27-43)49(62-33-41-22-10-3-11-23-41)46(68-54)38-61-32-40-20-8-2-9-21-40/h2-31,46-55H,32-39H2,1H3/t46-,47-,48+,49-,50-,51-,52?,53-,54?,55+/m1/s1. The summed E-state index contributed by atoms with van der Waals surface area (Å²) in [6.45, 7) is -0.0124. The maximum Gasteiger partial charge on any atom is 0.399 e. The lowest BCUT2D eigenvalue weighted by Gasteiger charge is -2.48. The molecule has 6 aromatic carbocycles. The molecule has 0 amide bonds. The van der Waals surface area contributed by atoms with E-state index in [-0.39, 0.29) is 46.2 Å². The van der Waals surface area contributed by atoms with E-state index in [0.717, 1.165) is 27.8 Å². The molecule has 69 heavy (non-hydrogen) atoms. The molecule has 13 heteroatoms. The molecule has 8 rings (SSSR count). The van der Waals surface area contributed by atoms with Gasteiger partial charge in [-0.1, -0.05) is 182 Å². The Hall–Kier alpha value is -5.29. The van der Waals surface area contributed by atoms with Crippen molar-refractivity contribution in [3.05, 3.63) is 215 Å². The predicted molar refractivity (Wildman–Crippen MR) is 251 cm³/mol. The molecule has 6 aromatic rings. The van der Waals surface area contributed by atoms with Gasteiger partial charge in [-0.2, -0.15) is 13.2 Å². The molecule has 0 N–H and O–H groups in total. The molecule has 0 aromatic heterocycles. The highest BCUT2D eigenvalue weighted by Gasteiger charge is 2.60. The Labute approximate surface area is 402 Å². The maximum atomic E-state index is 15.9. The van der Waals surface area contributed by atoms with Crippen LogP contribution in [0, 0.1) is 5.92 Å². The van der Waals surface area contributed by atoms with Gasteiger partial charge in [0.1, 0.15) is 48.6 Å². The summed E-state index contributed by atoms with van der Waals surface area (Å²) in [5.74, 6) is -2.31. The molecule has 2 fully saturated rings. The molecule has 364 valence electrons. The number of benzene rings is 6. The summed E-state index contributed by atoms with van der Waals surface area (Å²) < 4.78 is 112. The maximum absolute atomic E-state index is 15.9. The number of methoxy groups -OCH3 is 1. The van der Waals surface area contributed by atoms with E-state index in [9.17, 15) is 0 Å². The zero-order chi connectivity index (χ0) is 47.7. The molecular formula is C56H59F3O10. The second kappa shape index (κ2) is 25.5. The fourth-order valence-corrected chi connectivity index (χ4v) is 8.58. The highest BCUT2D eigenvalue weighted by molar-refractivity contribution is 5.18. The Morgan fingerprint density at radius 2 is 0.681 bits per heavy atom. The highest BCUT2D eigenvalue weighted by Crippen LogP contribution is 2.43. The van der Waals surface area contributed by atoms with Crippen LogP contribution in [0.1, 0.15) is 33.4 Å². The number of alkyl halides is 3. The Balaban J connectivity index is 1.11. The summed E-state index contributed by atoms with van der Waals surface area (Å²) in [6.07, 6.45) is -15.4. The van der Waals surface area contributed by atoms with Crippen LogP contribution in [0.2, 0.25) is 0 Å². The first kappa shape index (κ1) is 50.1. The molecule has 2 unspecified atom stereocenters. The van der Waals surface area contributed by atoms with Crippen LogP contribution in [0.5, 0.6) is 0 Å². The Bertz CT molecular complexity index is 2330. The van der Waals surface area contributed by atoms with E-state index in [4.69, 9.17) is 47.4 Å². The van der Waals surface area contributed by atoms with Crippen LogP contribution in [0.3, 0.4) is 0 Å². The van der Waals surface area contributed by atoms with Crippen LogP contribution in [-0.2, 0) is 87.0 Å². The smallest absolute Gasteiger partial charge is 0.374 e. The minimum absolute atomic E-state index is 0.00200. The van der Waals surface area contributed by atoms with Crippen LogP contribution >= 0.6 is 0 Å². The van der Waals surface area contributed by atoms with Crippen molar-refractivity contribution in [2.75, 3.05) is 20.3 Å². The van der Waals surface area contributed by atoms with Gasteiger partial charge in [0.05, 0.1) is 52.9 Å². The molecule has 0 aliphatic carbocycles. The zero-order valence-corrected chi connectivity index (χ0v) is 38.5. The van der Waals surface area contributed by atoms with Gasteiger partial charge in [-0.25, -0.2) is 0 Å². The van der Waals surface area contributed by atoms with Crippen LogP contribution in [0.4, 0.5) is 13.2 Å². The second-order valence-corrected chi connectivity index (χ2v) is 17.0. The lowest BCUT2D eigenvalue weighted by molar-refractivity contribution is -0.369. The van der Waals surface area contributed by atoms with Gasteiger partial charge in [0, 0.05) is 7.11 Å². The Kier molecular flexibility index (Phi) is 18.5. The highest BCUT2D eigenvalue weighted by atomic mass is 19.4. The van der Waals surface area contributed by atoms with E-state index < -0.39 is 74.0 Å². The zero-order valence-electron chi connectivity index (χ0n) is 38.5. The van der Waals surface area contributed by atoms with Gasteiger partial charge in [-0.05, 0) is 33.4 Å². The monoisotopic (exact) mass is 948 g/mol. The van der Waals surface area contributed by atoms with E-state index in [0.29, 0.717) is 5.56 Å². The first-order valence-corrected chi connectivity index (χ1v) is 23.2. The number of hydrogen-bond donors (Lipinski definition) is 0. The third kappa shape index (κ3) is 14.4. The third-order valence-electron chi connectivity index (χ3n) is 12.1. The van der Waals surface area contributed by atoms with E-state index in [2.05, 4.69) is 0 Å². The van der Waals surface area contributed by atoms with Crippen LogP contribution < -0.4 is 0 Å². The van der Waals surface area contributed by atoms with Crippen molar-refractivity contribution in [1.29, 1.82) is 0 Å². The fourth-order valence-electron chi connectivity index (χ4n) is 8.58. The normalized spacial score (nSPS) is 25.0. The molecule has 10 nitrogen and oxygen atoms in total. The van der Waals surface area contributed by atoms with E-state index in [1.165, 1.54) is 7.11 Å². The van der Waals surface area contributed by atoms with Gasteiger partial charge in [-0.15, -0.1) is 0 Å². The number of hydrogen-bond acceptors (Lipinski definition) is 10. The Morgan fingerprint density at radius 1 is 0.362 bits per heavy atom. The predicted octanol–water partition coefficient (Wildman–Crippen LogP) is 10.4. The minimum atomic E-state index is -4.89. The summed E-state index contributed by atoms with van der Waals surface area (Å²) >= 11 is 0. The van der Waals surface area contributed by atoms with Crippen molar-refractivity contribution in [1.82, 2.24) is 0 Å². The van der Waals surface area contributed by atoms with Crippen molar-refractivity contribution in [3.8, 4) is 0 Å². The molecule has 0 bridgehead atoms. The van der Waals surface area contributed by atoms with Crippen LogP contribution in [0.25, 0.3) is 0 Å². The summed E-state index contributed by atoms with van der Waals surface area (Å²) in [5, 5.41) is 0. The van der Waals surface area contributed by atoms with Crippen molar-refractivity contribution >= 4 is 0 Å². The van der Waals surface area contributed by atoms with Gasteiger partial charge in [0.25, 0.3) is 0 Å². The summed E-state index contributed by atoms with van der Waals surface area (Å²) in [4.78, 5) is 0.